The topological polar surface area (TPSA) is 67.6 Å². The van der Waals surface area contributed by atoms with Crippen LogP contribution in [0.3, 0.4) is 0 Å². The molecule has 0 spiro atoms. The molecular weight excluding hydrogens is 302 g/mol. The molecule has 2 unspecified atom stereocenters. The smallest absolute Gasteiger partial charge is 0.250 e. The third-order valence-electron chi connectivity index (χ3n) is 4.45. The highest BCUT2D eigenvalue weighted by atomic mass is 16.3. The van der Waals surface area contributed by atoms with Crippen LogP contribution in [0.15, 0.2) is 24.3 Å². The van der Waals surface area contributed by atoms with Crippen LogP contribution >= 0.6 is 0 Å². The number of carbonyl (C=O) groups excluding carboxylic acids is 1. The van der Waals surface area contributed by atoms with Crippen molar-refractivity contribution in [2.75, 3.05) is 18.0 Å². The molecule has 1 aromatic rings. The number of hydrogen-bond donors (Lipinski definition) is 1. The fourth-order valence-corrected chi connectivity index (χ4v) is 3.07. The lowest BCUT2D eigenvalue weighted by molar-refractivity contribution is -0.122. The number of anilines is 1. The summed E-state index contributed by atoms with van der Waals surface area (Å²) < 4.78 is 0. The van der Waals surface area contributed by atoms with Crippen molar-refractivity contribution < 1.29 is 9.90 Å². The van der Waals surface area contributed by atoms with Gasteiger partial charge in [-0.25, -0.2) is 0 Å². The Morgan fingerprint density at radius 2 is 2.00 bits per heavy atom. The van der Waals surface area contributed by atoms with Gasteiger partial charge in [0.1, 0.15) is 6.04 Å². The van der Waals surface area contributed by atoms with Crippen LogP contribution < -0.4 is 4.90 Å². The molecule has 24 heavy (non-hydrogen) atoms. The fourth-order valence-electron chi connectivity index (χ4n) is 3.07. The van der Waals surface area contributed by atoms with E-state index in [0.29, 0.717) is 13.0 Å². The molecule has 130 valence electrons. The van der Waals surface area contributed by atoms with E-state index < -0.39 is 12.1 Å². The minimum Gasteiger partial charge on any atom is -0.391 e. The summed E-state index contributed by atoms with van der Waals surface area (Å²) in [6, 6.07) is 7.47. The Morgan fingerprint density at radius 1 is 1.38 bits per heavy atom. The molecule has 0 bridgehead atoms. The zero-order chi connectivity index (χ0) is 17.9. The lowest BCUT2D eigenvalue weighted by atomic mass is 9.87. The van der Waals surface area contributed by atoms with E-state index in [9.17, 15) is 15.2 Å². The standard InChI is InChI=1S/C19H27N3O2/c1-5-10-22(15-8-6-14(7-9-15)19(2,3)4)18(24)17-11-16(23)12-21(17)13-20/h6-9,16-17,23H,5,10-12H2,1-4H3. The van der Waals surface area contributed by atoms with Crippen molar-refractivity contribution in [1.29, 1.82) is 5.26 Å². The highest BCUT2D eigenvalue weighted by Gasteiger charge is 2.38. The first-order chi connectivity index (χ1) is 11.3. The molecule has 1 heterocycles. The number of aliphatic hydroxyl groups excluding tert-OH is 1. The van der Waals surface area contributed by atoms with Crippen molar-refractivity contribution in [1.82, 2.24) is 4.90 Å². The summed E-state index contributed by atoms with van der Waals surface area (Å²) in [7, 11) is 0. The first kappa shape index (κ1) is 18.3. The Labute approximate surface area is 144 Å². The van der Waals surface area contributed by atoms with E-state index >= 15 is 0 Å². The normalized spacial score (nSPS) is 20.8. The summed E-state index contributed by atoms with van der Waals surface area (Å²) in [6.45, 7) is 9.32. The summed E-state index contributed by atoms with van der Waals surface area (Å²) >= 11 is 0. The van der Waals surface area contributed by atoms with Crippen molar-refractivity contribution in [3.05, 3.63) is 29.8 Å². The molecule has 2 atom stereocenters. The monoisotopic (exact) mass is 329 g/mol. The van der Waals surface area contributed by atoms with Gasteiger partial charge in [-0.3, -0.25) is 9.69 Å². The molecule has 5 nitrogen and oxygen atoms in total. The van der Waals surface area contributed by atoms with Gasteiger partial charge in [0.25, 0.3) is 5.91 Å². The third kappa shape index (κ3) is 3.88. The molecular formula is C19H27N3O2. The van der Waals surface area contributed by atoms with Crippen molar-refractivity contribution in [3.63, 3.8) is 0 Å². The predicted octanol–water partition coefficient (Wildman–Crippen LogP) is 2.64. The Bertz CT molecular complexity index is 613. The van der Waals surface area contributed by atoms with Gasteiger partial charge >= 0.3 is 0 Å². The number of amides is 1. The van der Waals surface area contributed by atoms with E-state index in [1.807, 2.05) is 25.2 Å². The van der Waals surface area contributed by atoms with Gasteiger partial charge in [-0.1, -0.05) is 39.8 Å². The van der Waals surface area contributed by atoms with E-state index in [0.717, 1.165) is 12.1 Å². The van der Waals surface area contributed by atoms with E-state index in [1.165, 1.54) is 10.5 Å². The minimum absolute atomic E-state index is 0.0608. The van der Waals surface area contributed by atoms with Crippen molar-refractivity contribution in [2.24, 2.45) is 0 Å². The third-order valence-corrected chi connectivity index (χ3v) is 4.45. The van der Waals surface area contributed by atoms with Gasteiger partial charge in [0, 0.05) is 18.7 Å². The molecule has 5 heteroatoms. The second-order valence-electron chi connectivity index (χ2n) is 7.44. The second kappa shape index (κ2) is 7.23. The summed E-state index contributed by atoms with van der Waals surface area (Å²) in [5, 5.41) is 19.0. The number of carbonyl (C=O) groups is 1. The first-order valence-electron chi connectivity index (χ1n) is 8.54. The Hall–Kier alpha value is -2.06. The molecule has 1 N–H and O–H groups in total. The first-order valence-corrected chi connectivity index (χ1v) is 8.54. The van der Waals surface area contributed by atoms with E-state index in [4.69, 9.17) is 0 Å². The van der Waals surface area contributed by atoms with Gasteiger partial charge in [0.2, 0.25) is 0 Å². The SMILES string of the molecule is CCCN(C(=O)C1CC(O)CN1C#N)c1ccc(C(C)(C)C)cc1. The lowest BCUT2D eigenvalue weighted by Gasteiger charge is -2.28. The Morgan fingerprint density at radius 3 is 2.50 bits per heavy atom. The number of nitriles is 1. The summed E-state index contributed by atoms with van der Waals surface area (Å²) in [6.07, 6.45) is 2.55. The van der Waals surface area contributed by atoms with Crippen molar-refractivity contribution in [2.45, 2.75) is 58.1 Å². The molecule has 0 aromatic heterocycles. The average Bonchev–Trinajstić information content (AvgIpc) is 2.92. The fraction of sp³-hybridized carbons (Fsp3) is 0.579. The maximum absolute atomic E-state index is 13.0. The van der Waals surface area contributed by atoms with Crippen molar-refractivity contribution in [3.8, 4) is 6.19 Å². The number of aliphatic hydroxyl groups is 1. The molecule has 1 amide bonds. The van der Waals surface area contributed by atoms with Gasteiger partial charge in [0.05, 0.1) is 12.6 Å². The number of benzene rings is 1. The average molecular weight is 329 g/mol. The minimum atomic E-state index is -0.620. The van der Waals surface area contributed by atoms with Crippen LogP contribution in [0.5, 0.6) is 0 Å². The largest absolute Gasteiger partial charge is 0.391 e. The molecule has 1 fully saturated rings. The molecule has 1 aromatic carbocycles. The maximum atomic E-state index is 13.0. The molecule has 0 aliphatic carbocycles. The quantitative estimate of drug-likeness (QED) is 0.862. The molecule has 2 rings (SSSR count). The number of hydrogen-bond acceptors (Lipinski definition) is 4. The number of rotatable bonds is 4. The van der Waals surface area contributed by atoms with Crippen LogP contribution in [0.4, 0.5) is 5.69 Å². The lowest BCUT2D eigenvalue weighted by Crippen LogP contribution is -2.44. The number of β-amino-alcohol motifs (C(OH)–C–C–N with tert-alkyl or cyclic N) is 1. The number of nitrogens with zero attached hydrogens (tertiary/aromatic N) is 3. The van der Waals surface area contributed by atoms with Gasteiger partial charge in [-0.05, 0) is 29.5 Å². The van der Waals surface area contributed by atoms with Gasteiger partial charge in [-0.15, -0.1) is 0 Å². The van der Waals surface area contributed by atoms with Crippen LogP contribution in [0, 0.1) is 11.5 Å². The van der Waals surface area contributed by atoms with Crippen LogP contribution in [0.1, 0.15) is 46.1 Å². The predicted molar refractivity (Wildman–Crippen MR) is 94.5 cm³/mol. The molecule has 0 radical (unpaired) electrons. The molecule has 1 aliphatic rings. The van der Waals surface area contributed by atoms with Crippen LogP contribution in [0.2, 0.25) is 0 Å². The van der Waals surface area contributed by atoms with Crippen LogP contribution in [0.25, 0.3) is 0 Å². The van der Waals surface area contributed by atoms with E-state index in [1.54, 1.807) is 4.90 Å². The molecule has 0 saturated carbocycles. The number of likely N-dealkylation sites (tertiary alicyclic amines) is 1. The van der Waals surface area contributed by atoms with Crippen LogP contribution in [-0.2, 0) is 10.2 Å². The zero-order valence-corrected chi connectivity index (χ0v) is 15.0. The Kier molecular flexibility index (Phi) is 5.51. The van der Waals surface area contributed by atoms with Gasteiger partial charge in [0.15, 0.2) is 6.19 Å². The maximum Gasteiger partial charge on any atom is 0.250 e. The van der Waals surface area contributed by atoms with E-state index in [2.05, 4.69) is 32.9 Å². The van der Waals surface area contributed by atoms with Gasteiger partial charge in [-0.2, -0.15) is 5.26 Å². The van der Waals surface area contributed by atoms with Crippen LogP contribution in [-0.4, -0.2) is 41.1 Å². The van der Waals surface area contributed by atoms with Crippen molar-refractivity contribution >= 4 is 11.6 Å². The summed E-state index contributed by atoms with van der Waals surface area (Å²) in [5.74, 6) is -0.113. The summed E-state index contributed by atoms with van der Waals surface area (Å²) in [4.78, 5) is 16.1. The Balaban J connectivity index is 2.26. The van der Waals surface area contributed by atoms with Gasteiger partial charge < -0.3 is 10.0 Å². The molecule has 1 saturated heterocycles. The van der Waals surface area contributed by atoms with E-state index in [-0.39, 0.29) is 17.9 Å². The zero-order valence-electron chi connectivity index (χ0n) is 15.0. The second-order valence-corrected chi connectivity index (χ2v) is 7.44. The highest BCUT2D eigenvalue weighted by molar-refractivity contribution is 5.97. The molecule has 1 aliphatic heterocycles. The summed E-state index contributed by atoms with van der Waals surface area (Å²) in [5.41, 5.74) is 2.12. The highest BCUT2D eigenvalue weighted by Crippen LogP contribution is 2.27.